The Morgan fingerprint density at radius 1 is 1.50 bits per heavy atom. The molecule has 0 saturated heterocycles. The predicted octanol–water partition coefficient (Wildman–Crippen LogP) is 1.76. The maximum absolute atomic E-state index is 3.82. The van der Waals surface area contributed by atoms with Gasteiger partial charge >= 0.3 is 31.1 Å². The van der Waals surface area contributed by atoms with Crippen molar-refractivity contribution in [1.82, 2.24) is 4.90 Å². The third-order valence-electron chi connectivity index (χ3n) is 1.50. The maximum atomic E-state index is 3.82. The standard InChI is InChI=1S/C8H17N.U/c1-4-7-8-9(5-2)6-3;/h4H,2,5-8H2,1,3H3;/q-2;+2. The Labute approximate surface area is 88.9 Å². The molecule has 0 aromatic heterocycles. The van der Waals surface area contributed by atoms with E-state index in [4.69, 9.17) is 0 Å². The minimum atomic E-state index is 0. The third-order valence-corrected chi connectivity index (χ3v) is 1.50. The van der Waals surface area contributed by atoms with Crippen molar-refractivity contribution >= 4 is 0 Å². The Balaban J connectivity index is 0. The van der Waals surface area contributed by atoms with E-state index in [9.17, 15) is 0 Å². The second-order valence-corrected chi connectivity index (χ2v) is 2.13. The zero-order valence-electron chi connectivity index (χ0n) is 7.06. The van der Waals surface area contributed by atoms with E-state index in [0.29, 0.717) is 0 Å². The number of nitrogens with zero attached hydrogens (tertiary/aromatic N) is 1. The van der Waals surface area contributed by atoms with Crippen LogP contribution in [-0.2, 0) is 0 Å². The average Bonchev–Trinajstić information content (AvgIpc) is 1.91. The SMILES string of the molecule is [CH2-]CN(CC)CC[CH-]C.[U+2]. The summed E-state index contributed by atoms with van der Waals surface area (Å²) in [5, 5.41) is 0. The van der Waals surface area contributed by atoms with E-state index >= 15 is 0 Å². The Morgan fingerprint density at radius 3 is 2.40 bits per heavy atom. The molecule has 0 aliphatic heterocycles. The zero-order valence-corrected chi connectivity index (χ0v) is 11.2. The molecular weight excluding hydrogens is 348 g/mol. The molecule has 0 saturated carbocycles. The zero-order chi connectivity index (χ0) is 7.11. The molecule has 0 aliphatic carbocycles. The summed E-state index contributed by atoms with van der Waals surface area (Å²) in [7, 11) is 0. The van der Waals surface area contributed by atoms with Crippen LogP contribution in [0, 0.1) is 44.5 Å². The van der Waals surface area contributed by atoms with Gasteiger partial charge in [-0.2, -0.15) is 13.3 Å². The van der Waals surface area contributed by atoms with E-state index in [1.807, 2.05) is 0 Å². The van der Waals surface area contributed by atoms with E-state index < -0.39 is 0 Å². The molecule has 0 aromatic rings. The topological polar surface area (TPSA) is 3.24 Å². The van der Waals surface area contributed by atoms with Crippen molar-refractivity contribution < 1.29 is 31.1 Å². The molecule has 0 bridgehead atoms. The summed E-state index contributed by atoms with van der Waals surface area (Å²) in [5.74, 6) is 0. The molecule has 58 valence electrons. The van der Waals surface area contributed by atoms with Gasteiger partial charge in [-0.3, -0.25) is 0 Å². The van der Waals surface area contributed by atoms with Crippen LogP contribution in [0.1, 0.15) is 20.3 Å². The van der Waals surface area contributed by atoms with E-state index in [2.05, 4.69) is 32.1 Å². The minimum Gasteiger partial charge on any atom is -0.336 e. The van der Waals surface area contributed by atoms with Crippen molar-refractivity contribution in [2.45, 2.75) is 20.3 Å². The van der Waals surface area contributed by atoms with Gasteiger partial charge in [0.05, 0.1) is 0 Å². The number of hydrogen-bond acceptors (Lipinski definition) is 1. The molecule has 0 spiro atoms. The Bertz CT molecular complexity index is 53.2. The van der Waals surface area contributed by atoms with Crippen molar-refractivity contribution in [2.24, 2.45) is 0 Å². The van der Waals surface area contributed by atoms with Crippen LogP contribution >= 0.6 is 0 Å². The fourth-order valence-corrected chi connectivity index (χ4v) is 0.740. The molecule has 0 amide bonds. The van der Waals surface area contributed by atoms with Crippen LogP contribution in [0.3, 0.4) is 0 Å². The summed E-state index contributed by atoms with van der Waals surface area (Å²) in [6.07, 6.45) is 3.38. The number of rotatable bonds is 5. The predicted molar refractivity (Wildman–Crippen MR) is 42.1 cm³/mol. The summed E-state index contributed by atoms with van der Waals surface area (Å²) < 4.78 is 0. The largest absolute Gasteiger partial charge is 2.00 e. The van der Waals surface area contributed by atoms with Crippen LogP contribution in [0.2, 0.25) is 0 Å². The molecule has 2 heteroatoms. The van der Waals surface area contributed by atoms with Crippen LogP contribution in [0.4, 0.5) is 0 Å². The summed E-state index contributed by atoms with van der Waals surface area (Å²) in [6.45, 7) is 11.3. The second-order valence-electron chi connectivity index (χ2n) is 2.13. The van der Waals surface area contributed by atoms with Crippen LogP contribution in [0.5, 0.6) is 0 Å². The van der Waals surface area contributed by atoms with Crippen molar-refractivity contribution in [1.29, 1.82) is 0 Å². The summed E-state index contributed by atoms with van der Waals surface area (Å²) in [5.41, 5.74) is 0. The molecule has 0 heterocycles. The van der Waals surface area contributed by atoms with Gasteiger partial charge in [0.25, 0.3) is 0 Å². The van der Waals surface area contributed by atoms with Gasteiger partial charge in [0.1, 0.15) is 0 Å². The van der Waals surface area contributed by atoms with Crippen molar-refractivity contribution in [2.75, 3.05) is 19.6 Å². The number of unbranched alkanes of at least 4 members (excludes halogenated alkanes) is 1. The summed E-state index contributed by atoms with van der Waals surface area (Å²) in [6, 6.07) is 0. The van der Waals surface area contributed by atoms with Gasteiger partial charge in [-0.25, -0.2) is 0 Å². The minimum absolute atomic E-state index is 0. The van der Waals surface area contributed by atoms with Gasteiger partial charge in [-0.15, -0.1) is 6.54 Å². The third kappa shape index (κ3) is 7.12. The molecule has 0 aliphatic rings. The van der Waals surface area contributed by atoms with Gasteiger partial charge in [0.2, 0.25) is 0 Å². The van der Waals surface area contributed by atoms with E-state index in [1.165, 1.54) is 6.42 Å². The van der Waals surface area contributed by atoms with Crippen molar-refractivity contribution in [3.8, 4) is 0 Å². The molecule has 0 rings (SSSR count). The fraction of sp³-hybridized carbons (Fsp3) is 0.750. The van der Waals surface area contributed by atoms with Crippen LogP contribution in [0.15, 0.2) is 0 Å². The van der Waals surface area contributed by atoms with Gasteiger partial charge in [-0.1, -0.05) is 6.92 Å². The van der Waals surface area contributed by atoms with Crippen LogP contribution in [-0.4, -0.2) is 24.5 Å². The van der Waals surface area contributed by atoms with Crippen molar-refractivity contribution in [3.63, 3.8) is 0 Å². The molecule has 0 atom stereocenters. The molecule has 10 heavy (non-hydrogen) atoms. The molecule has 0 N–H and O–H groups in total. The van der Waals surface area contributed by atoms with Crippen LogP contribution in [0.25, 0.3) is 0 Å². The Hall–Kier alpha value is 1.01. The van der Waals surface area contributed by atoms with Gasteiger partial charge in [0.15, 0.2) is 0 Å². The first-order chi connectivity index (χ1) is 4.35. The van der Waals surface area contributed by atoms with E-state index in [-0.39, 0.29) is 31.1 Å². The van der Waals surface area contributed by atoms with Gasteiger partial charge < -0.3 is 18.2 Å². The smallest absolute Gasteiger partial charge is 0.336 e. The van der Waals surface area contributed by atoms with Crippen molar-refractivity contribution in [3.05, 3.63) is 13.3 Å². The normalized spacial score (nSPS) is 9.60. The monoisotopic (exact) mass is 365 g/mol. The maximum Gasteiger partial charge on any atom is 2.00 e. The van der Waals surface area contributed by atoms with Gasteiger partial charge in [-0.05, 0) is 13.1 Å². The first-order valence-corrected chi connectivity index (χ1v) is 3.64. The first kappa shape index (κ1) is 13.6. The Morgan fingerprint density at radius 2 is 2.10 bits per heavy atom. The molecule has 1 nitrogen and oxygen atoms in total. The second kappa shape index (κ2) is 10.0. The average molecular weight is 365 g/mol. The summed E-state index contributed by atoms with van der Waals surface area (Å²) in [4.78, 5) is 2.32. The number of hydrogen-bond donors (Lipinski definition) is 0. The molecule has 0 unspecified atom stereocenters. The van der Waals surface area contributed by atoms with Gasteiger partial charge in [0, 0.05) is 0 Å². The van der Waals surface area contributed by atoms with E-state index in [1.54, 1.807) is 0 Å². The fourth-order valence-electron chi connectivity index (χ4n) is 0.740. The van der Waals surface area contributed by atoms with E-state index in [0.717, 1.165) is 19.6 Å². The molecule has 0 aromatic carbocycles. The summed E-state index contributed by atoms with van der Waals surface area (Å²) >= 11 is 0. The molecule has 0 radical (unpaired) electrons. The molecular formula is C8H17NU. The quantitative estimate of drug-likeness (QED) is 0.672. The Kier molecular flexibility index (Phi) is 13.6. The van der Waals surface area contributed by atoms with Crippen LogP contribution < -0.4 is 0 Å². The first-order valence-electron chi connectivity index (χ1n) is 3.64. The molecule has 0 fully saturated rings.